The van der Waals surface area contributed by atoms with E-state index in [0.29, 0.717) is 22.0 Å². The first kappa shape index (κ1) is 21.3. The summed E-state index contributed by atoms with van der Waals surface area (Å²) in [7, 11) is 1.48. The van der Waals surface area contributed by atoms with Crippen LogP contribution in [0.3, 0.4) is 0 Å². The molecule has 0 aliphatic heterocycles. The van der Waals surface area contributed by atoms with E-state index in [2.05, 4.69) is 10.3 Å². The third kappa shape index (κ3) is 4.93. The maximum absolute atomic E-state index is 14.2. The van der Waals surface area contributed by atoms with E-state index in [-0.39, 0.29) is 11.3 Å². The molecule has 1 amide bonds. The standard InChI is InChI=1S/C22H18ClFN2O4/c1-30-19-10-9-17(25-21(19)13-5-4-6-14(23)11-13)22(29)26-18(12-20(27)28)15-7-2-3-8-16(15)24/h2-11,18H,12H2,1H3,(H,26,29)(H,27,28). The van der Waals surface area contributed by atoms with Gasteiger partial charge in [-0.1, -0.05) is 41.9 Å². The number of rotatable bonds is 7. The summed E-state index contributed by atoms with van der Waals surface area (Å²) in [6.45, 7) is 0. The minimum Gasteiger partial charge on any atom is -0.494 e. The predicted molar refractivity (Wildman–Crippen MR) is 110 cm³/mol. The van der Waals surface area contributed by atoms with E-state index in [1.165, 1.54) is 31.4 Å². The van der Waals surface area contributed by atoms with Crippen molar-refractivity contribution in [2.45, 2.75) is 12.5 Å². The van der Waals surface area contributed by atoms with E-state index in [9.17, 15) is 19.1 Å². The molecule has 0 radical (unpaired) electrons. The highest BCUT2D eigenvalue weighted by Crippen LogP contribution is 2.30. The Labute approximate surface area is 177 Å². The summed E-state index contributed by atoms with van der Waals surface area (Å²) in [5, 5.41) is 12.2. The Morgan fingerprint density at radius 1 is 1.17 bits per heavy atom. The van der Waals surface area contributed by atoms with Gasteiger partial charge in [0.25, 0.3) is 5.91 Å². The summed E-state index contributed by atoms with van der Waals surface area (Å²) in [6, 6.07) is 14.6. The van der Waals surface area contributed by atoms with Crippen molar-refractivity contribution in [2.75, 3.05) is 7.11 Å². The van der Waals surface area contributed by atoms with Crippen LogP contribution >= 0.6 is 11.6 Å². The second kappa shape index (κ2) is 9.37. The van der Waals surface area contributed by atoms with E-state index in [1.807, 2.05) is 0 Å². The van der Waals surface area contributed by atoms with Crippen LogP contribution in [0.2, 0.25) is 5.02 Å². The third-order valence-electron chi connectivity index (χ3n) is 4.37. The first-order valence-corrected chi connectivity index (χ1v) is 9.35. The quantitative estimate of drug-likeness (QED) is 0.578. The van der Waals surface area contributed by atoms with Gasteiger partial charge in [0.15, 0.2) is 0 Å². The molecular weight excluding hydrogens is 411 g/mol. The molecular formula is C22H18ClFN2O4. The number of nitrogens with zero attached hydrogens (tertiary/aromatic N) is 1. The molecule has 1 heterocycles. The zero-order valence-corrected chi connectivity index (χ0v) is 16.7. The molecule has 0 aliphatic rings. The highest BCUT2D eigenvalue weighted by molar-refractivity contribution is 6.30. The van der Waals surface area contributed by atoms with Gasteiger partial charge >= 0.3 is 5.97 Å². The summed E-state index contributed by atoms with van der Waals surface area (Å²) in [5.41, 5.74) is 1.15. The number of amides is 1. The molecule has 30 heavy (non-hydrogen) atoms. The Balaban J connectivity index is 1.94. The molecule has 6 nitrogen and oxygen atoms in total. The van der Waals surface area contributed by atoms with Gasteiger partial charge in [-0.05, 0) is 30.3 Å². The monoisotopic (exact) mass is 428 g/mol. The number of ether oxygens (including phenoxy) is 1. The van der Waals surface area contributed by atoms with E-state index in [0.717, 1.165) is 0 Å². The zero-order chi connectivity index (χ0) is 21.7. The van der Waals surface area contributed by atoms with Crippen LogP contribution in [0.25, 0.3) is 11.3 Å². The second-order valence-corrected chi connectivity index (χ2v) is 6.84. The number of aromatic nitrogens is 1. The lowest BCUT2D eigenvalue weighted by atomic mass is 10.0. The van der Waals surface area contributed by atoms with Gasteiger partial charge in [0.1, 0.15) is 23.0 Å². The molecule has 3 aromatic rings. The summed E-state index contributed by atoms with van der Waals surface area (Å²) in [5.74, 6) is -1.99. The topological polar surface area (TPSA) is 88.5 Å². The maximum Gasteiger partial charge on any atom is 0.305 e. The third-order valence-corrected chi connectivity index (χ3v) is 4.61. The van der Waals surface area contributed by atoms with Gasteiger partial charge in [0.05, 0.1) is 19.6 Å². The number of aliphatic carboxylic acids is 1. The second-order valence-electron chi connectivity index (χ2n) is 6.40. The zero-order valence-electron chi connectivity index (χ0n) is 15.9. The average molecular weight is 429 g/mol. The Kier molecular flexibility index (Phi) is 6.64. The number of halogens is 2. The van der Waals surface area contributed by atoms with Crippen molar-refractivity contribution >= 4 is 23.5 Å². The molecule has 3 rings (SSSR count). The molecule has 1 unspecified atom stereocenters. The minimum absolute atomic E-state index is 0.0255. The molecule has 1 aromatic heterocycles. The molecule has 0 saturated heterocycles. The lowest BCUT2D eigenvalue weighted by molar-refractivity contribution is -0.137. The number of carbonyl (C=O) groups excluding carboxylic acids is 1. The van der Waals surface area contributed by atoms with Crippen LogP contribution in [-0.2, 0) is 4.79 Å². The van der Waals surface area contributed by atoms with Crippen molar-refractivity contribution in [1.29, 1.82) is 0 Å². The number of carboxylic acid groups (broad SMARTS) is 1. The lowest BCUT2D eigenvalue weighted by Gasteiger charge is -2.18. The fraction of sp³-hybridized carbons (Fsp3) is 0.136. The molecule has 0 spiro atoms. The molecule has 8 heteroatoms. The van der Waals surface area contributed by atoms with E-state index >= 15 is 0 Å². The van der Waals surface area contributed by atoms with Crippen LogP contribution in [0, 0.1) is 5.82 Å². The lowest BCUT2D eigenvalue weighted by Crippen LogP contribution is -2.31. The number of hydrogen-bond donors (Lipinski definition) is 2. The van der Waals surface area contributed by atoms with Crippen LogP contribution in [0.1, 0.15) is 28.5 Å². The van der Waals surface area contributed by atoms with E-state index < -0.39 is 30.2 Å². The number of pyridine rings is 1. The van der Waals surface area contributed by atoms with Crippen LogP contribution in [0.15, 0.2) is 60.7 Å². The number of hydrogen-bond acceptors (Lipinski definition) is 4. The van der Waals surface area contributed by atoms with Gasteiger partial charge in [-0.15, -0.1) is 0 Å². The number of carbonyl (C=O) groups is 2. The van der Waals surface area contributed by atoms with Gasteiger partial charge in [-0.2, -0.15) is 0 Å². The highest BCUT2D eigenvalue weighted by atomic mass is 35.5. The fourth-order valence-corrected chi connectivity index (χ4v) is 3.17. The normalized spacial score (nSPS) is 11.6. The summed E-state index contributed by atoms with van der Waals surface area (Å²) < 4.78 is 19.5. The molecule has 0 bridgehead atoms. The van der Waals surface area contributed by atoms with Gasteiger partial charge in [-0.25, -0.2) is 9.37 Å². The van der Waals surface area contributed by atoms with Crippen molar-refractivity contribution in [3.8, 4) is 17.0 Å². The summed E-state index contributed by atoms with van der Waals surface area (Å²) >= 11 is 6.05. The summed E-state index contributed by atoms with van der Waals surface area (Å²) in [4.78, 5) is 28.4. The van der Waals surface area contributed by atoms with Crippen LogP contribution < -0.4 is 10.1 Å². The highest BCUT2D eigenvalue weighted by Gasteiger charge is 2.23. The van der Waals surface area contributed by atoms with Gasteiger partial charge in [0, 0.05) is 16.1 Å². The molecule has 0 fully saturated rings. The molecule has 1 atom stereocenters. The van der Waals surface area contributed by atoms with E-state index in [4.69, 9.17) is 16.3 Å². The van der Waals surface area contributed by atoms with Crippen molar-refractivity contribution in [3.63, 3.8) is 0 Å². The SMILES string of the molecule is COc1ccc(C(=O)NC(CC(=O)O)c2ccccc2F)nc1-c1cccc(Cl)c1. The number of carboxylic acids is 1. The fourth-order valence-electron chi connectivity index (χ4n) is 2.98. The van der Waals surface area contributed by atoms with E-state index in [1.54, 1.807) is 36.4 Å². The molecule has 0 aliphatic carbocycles. The Hall–Kier alpha value is -3.45. The average Bonchev–Trinajstić information content (AvgIpc) is 2.72. The minimum atomic E-state index is -1.18. The van der Waals surface area contributed by atoms with Crippen LogP contribution in [0.5, 0.6) is 5.75 Å². The van der Waals surface area contributed by atoms with Crippen molar-refractivity contribution < 1.29 is 23.8 Å². The molecule has 0 saturated carbocycles. The molecule has 2 N–H and O–H groups in total. The summed E-state index contributed by atoms with van der Waals surface area (Å²) in [6.07, 6.45) is -0.482. The van der Waals surface area contributed by atoms with Crippen molar-refractivity contribution in [2.24, 2.45) is 0 Å². The Morgan fingerprint density at radius 2 is 1.93 bits per heavy atom. The van der Waals surface area contributed by atoms with Crippen molar-refractivity contribution in [3.05, 3.63) is 82.8 Å². The number of benzene rings is 2. The first-order chi connectivity index (χ1) is 14.4. The first-order valence-electron chi connectivity index (χ1n) is 8.97. The Morgan fingerprint density at radius 3 is 2.60 bits per heavy atom. The largest absolute Gasteiger partial charge is 0.494 e. The van der Waals surface area contributed by atoms with Crippen molar-refractivity contribution in [1.82, 2.24) is 10.3 Å². The number of nitrogens with one attached hydrogen (secondary N) is 1. The maximum atomic E-state index is 14.2. The molecule has 154 valence electrons. The van der Waals surface area contributed by atoms with Gasteiger partial charge in [-0.3, -0.25) is 9.59 Å². The van der Waals surface area contributed by atoms with Gasteiger partial charge in [0.2, 0.25) is 0 Å². The smallest absolute Gasteiger partial charge is 0.305 e. The number of methoxy groups -OCH3 is 1. The predicted octanol–water partition coefficient (Wildman–Crippen LogP) is 4.50. The van der Waals surface area contributed by atoms with Gasteiger partial charge < -0.3 is 15.2 Å². The Bertz CT molecular complexity index is 1090. The van der Waals surface area contributed by atoms with Crippen LogP contribution in [0.4, 0.5) is 4.39 Å². The van der Waals surface area contributed by atoms with Crippen LogP contribution in [-0.4, -0.2) is 29.1 Å². The molecule has 2 aromatic carbocycles.